The number of aromatic amines is 1. The number of hydrogen-bond donors (Lipinski definition) is 2. The van der Waals surface area contributed by atoms with Gasteiger partial charge in [0, 0.05) is 5.56 Å². The predicted octanol–water partition coefficient (Wildman–Crippen LogP) is 1.18. The third-order valence-electron chi connectivity index (χ3n) is 2.11. The van der Waals surface area contributed by atoms with Crippen molar-refractivity contribution in [1.29, 1.82) is 0 Å². The number of benzene rings is 1. The molecule has 0 aliphatic heterocycles. The molecule has 6 heteroatoms. The Labute approximate surface area is 90.9 Å². The highest BCUT2D eigenvalue weighted by Gasteiger charge is 2.19. The van der Waals surface area contributed by atoms with Crippen molar-refractivity contribution in [2.75, 3.05) is 7.11 Å². The molecule has 0 aliphatic carbocycles. The number of carboxylic acids is 1. The van der Waals surface area contributed by atoms with Crippen LogP contribution in [0, 0.1) is 0 Å². The molecule has 0 unspecified atom stereocenters. The van der Waals surface area contributed by atoms with Gasteiger partial charge in [-0.3, -0.25) is 0 Å². The highest BCUT2D eigenvalue weighted by molar-refractivity contribution is 5.93. The van der Waals surface area contributed by atoms with Gasteiger partial charge in [0.1, 0.15) is 11.4 Å². The van der Waals surface area contributed by atoms with Crippen LogP contribution in [0.4, 0.5) is 0 Å². The second kappa shape index (κ2) is 4.01. The first-order chi connectivity index (χ1) is 7.74. The molecule has 2 aromatic rings. The smallest absolute Gasteiger partial charge is 0.358 e. The first-order valence-electron chi connectivity index (χ1n) is 4.51. The van der Waals surface area contributed by atoms with Crippen LogP contribution in [0.3, 0.4) is 0 Å². The largest absolute Gasteiger partial charge is 0.496 e. The Morgan fingerprint density at radius 2 is 2.12 bits per heavy atom. The number of carboxylic acid groups (broad SMARTS) is 1. The van der Waals surface area contributed by atoms with Gasteiger partial charge in [0.25, 0.3) is 0 Å². The van der Waals surface area contributed by atoms with E-state index in [1.165, 1.54) is 7.11 Å². The van der Waals surface area contributed by atoms with Crippen molar-refractivity contribution < 1.29 is 14.6 Å². The van der Waals surface area contributed by atoms with E-state index in [1.807, 2.05) is 0 Å². The van der Waals surface area contributed by atoms with Crippen LogP contribution in [0.5, 0.6) is 5.75 Å². The van der Waals surface area contributed by atoms with Crippen molar-refractivity contribution in [1.82, 2.24) is 15.4 Å². The molecule has 1 heterocycles. The van der Waals surface area contributed by atoms with E-state index in [4.69, 9.17) is 9.84 Å². The third kappa shape index (κ3) is 1.60. The van der Waals surface area contributed by atoms with Gasteiger partial charge in [-0.1, -0.05) is 12.1 Å². The number of hydrogen-bond acceptors (Lipinski definition) is 4. The van der Waals surface area contributed by atoms with E-state index >= 15 is 0 Å². The number of carbonyl (C=O) groups is 1. The fourth-order valence-electron chi connectivity index (χ4n) is 1.41. The molecule has 82 valence electrons. The Morgan fingerprint density at radius 3 is 2.81 bits per heavy atom. The zero-order valence-electron chi connectivity index (χ0n) is 8.47. The van der Waals surface area contributed by atoms with Crippen LogP contribution < -0.4 is 4.74 Å². The highest BCUT2D eigenvalue weighted by Crippen LogP contribution is 2.29. The van der Waals surface area contributed by atoms with Gasteiger partial charge in [0.15, 0.2) is 5.69 Å². The summed E-state index contributed by atoms with van der Waals surface area (Å²) in [4.78, 5) is 10.9. The molecule has 1 aromatic carbocycles. The number of para-hydroxylation sites is 1. The van der Waals surface area contributed by atoms with Crippen molar-refractivity contribution in [2.45, 2.75) is 0 Å². The second-order valence-electron chi connectivity index (χ2n) is 3.03. The Hall–Kier alpha value is -2.37. The summed E-state index contributed by atoms with van der Waals surface area (Å²) in [5.41, 5.74) is 0.741. The lowest BCUT2D eigenvalue weighted by molar-refractivity contribution is 0.0691. The molecular weight excluding hydrogens is 210 g/mol. The zero-order chi connectivity index (χ0) is 11.5. The number of H-pyrrole nitrogens is 1. The molecule has 2 rings (SSSR count). The molecule has 0 radical (unpaired) electrons. The molecule has 6 nitrogen and oxygen atoms in total. The maximum Gasteiger partial charge on any atom is 0.358 e. The van der Waals surface area contributed by atoms with Crippen molar-refractivity contribution in [3.05, 3.63) is 30.0 Å². The van der Waals surface area contributed by atoms with E-state index in [2.05, 4.69) is 15.4 Å². The first-order valence-corrected chi connectivity index (χ1v) is 4.51. The molecule has 0 fully saturated rings. The monoisotopic (exact) mass is 219 g/mol. The molecular formula is C10H9N3O3. The fourth-order valence-corrected chi connectivity index (χ4v) is 1.41. The van der Waals surface area contributed by atoms with Crippen molar-refractivity contribution in [3.63, 3.8) is 0 Å². The standard InChI is InChI=1S/C10H9N3O3/c1-16-7-5-3-2-4-6(7)8-9(10(14)15)12-13-11-8/h2-5H,1H3,(H,14,15)(H,11,12,13). The number of nitrogens with one attached hydrogen (secondary N) is 1. The topological polar surface area (TPSA) is 88.1 Å². The molecule has 2 N–H and O–H groups in total. The summed E-state index contributed by atoms with van der Waals surface area (Å²) < 4.78 is 5.13. The minimum atomic E-state index is -1.13. The normalized spacial score (nSPS) is 10.1. The summed E-state index contributed by atoms with van der Waals surface area (Å²) in [5.74, 6) is -0.575. The molecule has 0 saturated carbocycles. The maximum atomic E-state index is 10.9. The van der Waals surface area contributed by atoms with Crippen molar-refractivity contribution >= 4 is 5.97 Å². The molecule has 0 amide bonds. The summed E-state index contributed by atoms with van der Waals surface area (Å²) in [5, 5.41) is 18.6. The summed E-state index contributed by atoms with van der Waals surface area (Å²) in [6.07, 6.45) is 0. The van der Waals surface area contributed by atoms with Crippen LogP contribution in [-0.2, 0) is 0 Å². The van der Waals surface area contributed by atoms with Gasteiger partial charge >= 0.3 is 5.97 Å². The second-order valence-corrected chi connectivity index (χ2v) is 3.03. The molecule has 16 heavy (non-hydrogen) atoms. The van der Waals surface area contributed by atoms with Gasteiger partial charge < -0.3 is 9.84 Å². The minimum absolute atomic E-state index is 0.121. The lowest BCUT2D eigenvalue weighted by Gasteiger charge is -2.05. The minimum Gasteiger partial charge on any atom is -0.496 e. The Morgan fingerprint density at radius 1 is 1.38 bits per heavy atom. The quantitative estimate of drug-likeness (QED) is 0.809. The SMILES string of the molecule is COc1ccccc1-c1n[nH]nc1C(=O)O. The summed E-state index contributed by atoms with van der Waals surface area (Å²) in [7, 11) is 1.51. The summed E-state index contributed by atoms with van der Waals surface area (Å²) >= 11 is 0. The fraction of sp³-hybridized carbons (Fsp3) is 0.100. The maximum absolute atomic E-state index is 10.9. The Balaban J connectivity index is 2.58. The molecule has 1 aromatic heterocycles. The van der Waals surface area contributed by atoms with E-state index in [9.17, 15) is 4.79 Å². The molecule has 0 saturated heterocycles. The number of methoxy groups -OCH3 is 1. The highest BCUT2D eigenvalue weighted by atomic mass is 16.5. The average molecular weight is 219 g/mol. The lowest BCUT2D eigenvalue weighted by atomic mass is 10.1. The van der Waals surface area contributed by atoms with E-state index in [-0.39, 0.29) is 11.4 Å². The van der Waals surface area contributed by atoms with Gasteiger partial charge in [0.05, 0.1) is 7.11 Å². The van der Waals surface area contributed by atoms with Crippen LogP contribution in [0.2, 0.25) is 0 Å². The number of nitrogens with zero attached hydrogens (tertiary/aromatic N) is 2. The van der Waals surface area contributed by atoms with Crippen LogP contribution in [0.25, 0.3) is 11.3 Å². The Kier molecular flexibility index (Phi) is 2.55. The third-order valence-corrected chi connectivity index (χ3v) is 2.11. The average Bonchev–Trinajstić information content (AvgIpc) is 2.77. The van der Waals surface area contributed by atoms with Crippen LogP contribution in [0.15, 0.2) is 24.3 Å². The van der Waals surface area contributed by atoms with Gasteiger partial charge in [-0.25, -0.2) is 4.79 Å². The van der Waals surface area contributed by atoms with Crippen LogP contribution in [-0.4, -0.2) is 33.6 Å². The lowest BCUT2D eigenvalue weighted by Crippen LogP contribution is -2.00. The number of ether oxygens (including phenoxy) is 1. The van der Waals surface area contributed by atoms with E-state index < -0.39 is 5.97 Å². The number of aromatic carboxylic acids is 1. The van der Waals surface area contributed by atoms with E-state index in [0.29, 0.717) is 11.3 Å². The summed E-state index contributed by atoms with van der Waals surface area (Å²) in [6.45, 7) is 0. The molecule has 0 atom stereocenters. The Bertz CT molecular complexity index is 522. The summed E-state index contributed by atoms with van der Waals surface area (Å²) in [6, 6.07) is 7.03. The van der Waals surface area contributed by atoms with Gasteiger partial charge in [-0.15, -0.1) is 5.10 Å². The zero-order valence-corrected chi connectivity index (χ0v) is 8.47. The van der Waals surface area contributed by atoms with Crippen molar-refractivity contribution in [2.24, 2.45) is 0 Å². The predicted molar refractivity (Wildman–Crippen MR) is 55.3 cm³/mol. The molecule has 0 bridgehead atoms. The van der Waals surface area contributed by atoms with E-state index in [1.54, 1.807) is 24.3 Å². The number of aromatic nitrogens is 3. The van der Waals surface area contributed by atoms with Crippen LogP contribution >= 0.6 is 0 Å². The van der Waals surface area contributed by atoms with Crippen LogP contribution in [0.1, 0.15) is 10.5 Å². The molecule has 0 aliphatic rings. The van der Waals surface area contributed by atoms with Gasteiger partial charge in [-0.2, -0.15) is 10.3 Å². The molecule has 0 spiro atoms. The van der Waals surface area contributed by atoms with Gasteiger partial charge in [-0.05, 0) is 12.1 Å². The van der Waals surface area contributed by atoms with E-state index in [0.717, 1.165) is 0 Å². The van der Waals surface area contributed by atoms with Gasteiger partial charge in [0.2, 0.25) is 0 Å². The van der Waals surface area contributed by atoms with Crippen molar-refractivity contribution in [3.8, 4) is 17.0 Å². The first kappa shape index (κ1) is 10.2. The number of rotatable bonds is 3.